The second kappa shape index (κ2) is 8.69. The summed E-state index contributed by atoms with van der Waals surface area (Å²) in [5, 5.41) is 3.00. The van der Waals surface area contributed by atoms with Crippen LogP contribution in [0.5, 0.6) is 0 Å². The number of ether oxygens (including phenoxy) is 1. The molecule has 1 amide bonds. The van der Waals surface area contributed by atoms with Crippen molar-refractivity contribution >= 4 is 22.9 Å². The number of aromatic nitrogens is 2. The molecule has 0 radical (unpaired) electrons. The maximum Gasteiger partial charge on any atom is 0.331 e. The van der Waals surface area contributed by atoms with E-state index in [2.05, 4.69) is 9.88 Å². The van der Waals surface area contributed by atoms with Crippen molar-refractivity contribution in [3.05, 3.63) is 60.4 Å². The Morgan fingerprint density at radius 1 is 1.03 bits per heavy atom. The number of esters is 1. The van der Waals surface area contributed by atoms with E-state index in [0.29, 0.717) is 19.3 Å². The molecule has 4 rings (SSSR count). The summed E-state index contributed by atoms with van der Waals surface area (Å²) in [7, 11) is 1.38. The Kier molecular flexibility index (Phi) is 5.84. The van der Waals surface area contributed by atoms with Crippen LogP contribution < -0.4 is 5.32 Å². The summed E-state index contributed by atoms with van der Waals surface area (Å²) < 4.78 is 7.10. The van der Waals surface area contributed by atoms with Crippen LogP contribution in [-0.2, 0) is 20.7 Å². The average Bonchev–Trinajstić information content (AvgIpc) is 3.16. The molecule has 6 nitrogen and oxygen atoms in total. The van der Waals surface area contributed by atoms with Crippen LogP contribution in [0.25, 0.3) is 16.7 Å². The summed E-state index contributed by atoms with van der Waals surface area (Å²) in [5.41, 5.74) is 2.04. The lowest BCUT2D eigenvalue weighted by atomic mass is 9.81. The quantitative estimate of drug-likeness (QED) is 0.630. The molecule has 0 aliphatic heterocycles. The number of amides is 1. The van der Waals surface area contributed by atoms with Crippen molar-refractivity contribution in [2.75, 3.05) is 7.11 Å². The topological polar surface area (TPSA) is 73.2 Å². The Hall–Kier alpha value is -3.15. The lowest BCUT2D eigenvalue weighted by Gasteiger charge is -2.35. The highest BCUT2D eigenvalue weighted by Gasteiger charge is 2.41. The summed E-state index contributed by atoms with van der Waals surface area (Å²) in [6, 6.07) is 18.0. The number of carbonyl (C=O) groups is 2. The zero-order chi connectivity index (χ0) is 21.0. The molecular weight excluding hydrogens is 378 g/mol. The second-order valence-electron chi connectivity index (χ2n) is 7.87. The number of nitrogens with zero attached hydrogens (tertiary/aromatic N) is 2. The average molecular weight is 405 g/mol. The van der Waals surface area contributed by atoms with Crippen molar-refractivity contribution in [3.63, 3.8) is 0 Å². The van der Waals surface area contributed by atoms with Crippen LogP contribution in [0, 0.1) is 0 Å². The van der Waals surface area contributed by atoms with Crippen LogP contribution in [0.1, 0.15) is 44.3 Å². The van der Waals surface area contributed by atoms with Gasteiger partial charge in [-0.05, 0) is 37.1 Å². The number of nitrogens with one attached hydrogen (secondary N) is 1. The molecule has 1 aliphatic carbocycles. The number of carbonyl (C=O) groups excluding carboxylic acids is 2. The SMILES string of the molecule is COC(=O)C1(NC(=O)CCc2nc3ccccc3n2-c2ccccc2)CCCCC1. The fourth-order valence-electron chi connectivity index (χ4n) is 4.39. The number of rotatable bonds is 6. The number of methoxy groups -OCH3 is 1. The number of hydrogen-bond acceptors (Lipinski definition) is 4. The van der Waals surface area contributed by atoms with E-state index in [4.69, 9.17) is 9.72 Å². The van der Waals surface area contributed by atoms with Gasteiger partial charge in [-0.15, -0.1) is 0 Å². The van der Waals surface area contributed by atoms with Crippen molar-refractivity contribution in [2.24, 2.45) is 0 Å². The van der Waals surface area contributed by atoms with Crippen LogP contribution in [0.2, 0.25) is 0 Å². The molecular formula is C24H27N3O3. The summed E-state index contributed by atoms with van der Waals surface area (Å²) in [6.45, 7) is 0. The first kappa shape index (κ1) is 20.1. The number of imidazole rings is 1. The molecule has 1 fully saturated rings. The highest BCUT2D eigenvalue weighted by molar-refractivity contribution is 5.88. The van der Waals surface area contributed by atoms with Gasteiger partial charge in [-0.1, -0.05) is 49.6 Å². The van der Waals surface area contributed by atoms with Gasteiger partial charge < -0.3 is 10.1 Å². The largest absolute Gasteiger partial charge is 0.467 e. The molecule has 30 heavy (non-hydrogen) atoms. The molecule has 2 aromatic carbocycles. The van der Waals surface area contributed by atoms with Gasteiger partial charge in [0, 0.05) is 18.5 Å². The fourth-order valence-corrected chi connectivity index (χ4v) is 4.39. The second-order valence-corrected chi connectivity index (χ2v) is 7.87. The van der Waals surface area contributed by atoms with E-state index in [0.717, 1.165) is 41.8 Å². The molecule has 3 aromatic rings. The van der Waals surface area contributed by atoms with E-state index >= 15 is 0 Å². The van der Waals surface area contributed by atoms with Gasteiger partial charge in [-0.3, -0.25) is 9.36 Å². The fraction of sp³-hybridized carbons (Fsp3) is 0.375. The van der Waals surface area contributed by atoms with Crippen molar-refractivity contribution in [3.8, 4) is 5.69 Å². The molecule has 156 valence electrons. The Balaban J connectivity index is 1.55. The first-order valence-corrected chi connectivity index (χ1v) is 10.5. The molecule has 1 N–H and O–H groups in total. The van der Waals surface area contributed by atoms with Gasteiger partial charge in [-0.2, -0.15) is 0 Å². The molecule has 1 aromatic heterocycles. The minimum atomic E-state index is -0.885. The van der Waals surface area contributed by atoms with Crippen LogP contribution in [0.4, 0.5) is 0 Å². The molecule has 0 bridgehead atoms. The van der Waals surface area contributed by atoms with Crippen molar-refractivity contribution in [2.45, 2.75) is 50.5 Å². The van der Waals surface area contributed by atoms with Crippen molar-refractivity contribution in [1.82, 2.24) is 14.9 Å². The Bertz CT molecular complexity index is 1040. The number of fused-ring (bicyclic) bond motifs is 1. The number of hydrogen-bond donors (Lipinski definition) is 1. The van der Waals surface area contributed by atoms with Gasteiger partial charge in [0.15, 0.2) is 0 Å². The zero-order valence-electron chi connectivity index (χ0n) is 17.3. The Labute approximate surface area is 176 Å². The van der Waals surface area contributed by atoms with E-state index in [9.17, 15) is 9.59 Å². The van der Waals surface area contributed by atoms with Crippen molar-refractivity contribution in [1.29, 1.82) is 0 Å². The molecule has 0 unspecified atom stereocenters. The number of para-hydroxylation sites is 3. The van der Waals surface area contributed by atoms with Crippen LogP contribution >= 0.6 is 0 Å². The molecule has 0 spiro atoms. The van der Waals surface area contributed by atoms with E-state index < -0.39 is 5.54 Å². The first-order chi connectivity index (χ1) is 14.6. The first-order valence-electron chi connectivity index (χ1n) is 10.5. The van der Waals surface area contributed by atoms with E-state index in [-0.39, 0.29) is 18.3 Å². The Morgan fingerprint density at radius 2 is 1.73 bits per heavy atom. The van der Waals surface area contributed by atoms with E-state index in [1.54, 1.807) is 0 Å². The Morgan fingerprint density at radius 3 is 2.47 bits per heavy atom. The van der Waals surface area contributed by atoms with E-state index in [1.165, 1.54) is 7.11 Å². The van der Waals surface area contributed by atoms with E-state index in [1.807, 2.05) is 54.6 Å². The maximum atomic E-state index is 12.8. The van der Waals surface area contributed by atoms with Gasteiger partial charge in [0.05, 0.1) is 18.1 Å². The third kappa shape index (κ3) is 3.95. The number of aryl methyl sites for hydroxylation is 1. The third-order valence-electron chi connectivity index (χ3n) is 5.88. The molecule has 0 saturated heterocycles. The zero-order valence-corrected chi connectivity index (χ0v) is 17.3. The predicted octanol–water partition coefficient (Wildman–Crippen LogP) is 3.95. The van der Waals surface area contributed by atoms with Gasteiger partial charge in [0.1, 0.15) is 11.4 Å². The normalized spacial score (nSPS) is 15.6. The monoisotopic (exact) mass is 405 g/mol. The minimum absolute atomic E-state index is 0.144. The van der Waals surface area contributed by atoms with Gasteiger partial charge in [-0.25, -0.2) is 9.78 Å². The lowest BCUT2D eigenvalue weighted by molar-refractivity contribution is -0.152. The summed E-state index contributed by atoms with van der Waals surface area (Å²) >= 11 is 0. The predicted molar refractivity (Wildman–Crippen MR) is 115 cm³/mol. The molecule has 6 heteroatoms. The van der Waals surface area contributed by atoms with Crippen LogP contribution in [0.15, 0.2) is 54.6 Å². The highest BCUT2D eigenvalue weighted by atomic mass is 16.5. The molecule has 1 saturated carbocycles. The number of benzene rings is 2. The molecule has 0 atom stereocenters. The highest BCUT2D eigenvalue weighted by Crippen LogP contribution is 2.30. The van der Waals surface area contributed by atoms with Gasteiger partial charge >= 0.3 is 5.97 Å². The summed E-state index contributed by atoms with van der Waals surface area (Å²) in [6.07, 6.45) is 4.91. The minimum Gasteiger partial charge on any atom is -0.467 e. The summed E-state index contributed by atoms with van der Waals surface area (Å²) in [4.78, 5) is 30.0. The summed E-state index contributed by atoms with van der Waals surface area (Å²) in [5.74, 6) is 0.342. The molecule has 1 aliphatic rings. The smallest absolute Gasteiger partial charge is 0.331 e. The molecule has 1 heterocycles. The van der Waals surface area contributed by atoms with Crippen molar-refractivity contribution < 1.29 is 14.3 Å². The third-order valence-corrected chi connectivity index (χ3v) is 5.88. The maximum absolute atomic E-state index is 12.8. The standard InChI is InChI=1S/C24H27N3O3/c1-30-23(29)24(16-8-3-9-17-24)26-22(28)15-14-21-25-19-12-6-7-13-20(19)27(21)18-10-4-2-5-11-18/h2,4-7,10-13H,3,8-9,14-17H2,1H3,(H,26,28). The van der Waals surface area contributed by atoms with Crippen LogP contribution in [0.3, 0.4) is 0 Å². The van der Waals surface area contributed by atoms with Gasteiger partial charge in [0.25, 0.3) is 0 Å². The lowest BCUT2D eigenvalue weighted by Crippen LogP contribution is -2.56. The van der Waals surface area contributed by atoms with Gasteiger partial charge in [0.2, 0.25) is 5.91 Å². The van der Waals surface area contributed by atoms with Crippen LogP contribution in [-0.4, -0.2) is 34.1 Å².